The molecule has 0 aliphatic heterocycles. The van der Waals surface area contributed by atoms with E-state index >= 15 is 0 Å². The minimum atomic E-state index is -4.40. The number of nitrogens with zero attached hydrogens (tertiary/aromatic N) is 4. The predicted octanol–water partition coefficient (Wildman–Crippen LogP) is 5.10. The summed E-state index contributed by atoms with van der Waals surface area (Å²) in [4.78, 5) is 56.0. The Bertz CT molecular complexity index is 2020. The van der Waals surface area contributed by atoms with E-state index in [9.17, 15) is 36.7 Å². The van der Waals surface area contributed by atoms with Crippen LogP contribution in [0.3, 0.4) is 0 Å². The van der Waals surface area contributed by atoms with E-state index in [0.29, 0.717) is 48.1 Å². The number of likely N-dealkylation sites (N-methyl/N-ethyl adjacent to an activating group) is 1. The largest absolute Gasteiger partial charge is 0.479 e. The lowest BCUT2D eigenvalue weighted by molar-refractivity contribution is -0.165. The number of hydrogen-bond donors (Lipinski definition) is 4. The molecule has 4 N–H and O–H groups in total. The Hall–Kier alpha value is -5.10. The highest BCUT2D eigenvalue weighted by Gasteiger charge is 2.31. The molecule has 0 bridgehead atoms. The molecule has 0 saturated heterocycles. The van der Waals surface area contributed by atoms with Gasteiger partial charge >= 0.3 is 18.1 Å². The average Bonchev–Trinajstić information content (AvgIpc) is 3.67. The van der Waals surface area contributed by atoms with E-state index in [2.05, 4.69) is 18.7 Å². The van der Waals surface area contributed by atoms with Crippen molar-refractivity contribution >= 4 is 29.6 Å². The van der Waals surface area contributed by atoms with E-state index in [-0.39, 0.29) is 23.8 Å². The van der Waals surface area contributed by atoms with Crippen molar-refractivity contribution < 1.29 is 52.4 Å². The fourth-order valence-corrected chi connectivity index (χ4v) is 6.93. The zero-order chi connectivity index (χ0) is 41.9. The fourth-order valence-electron chi connectivity index (χ4n) is 5.96. The number of aliphatic hydroxyl groups is 2. The Morgan fingerprint density at radius 3 is 1.89 bits per heavy atom. The zero-order valence-electron chi connectivity index (χ0n) is 31.3. The lowest BCUT2D eigenvalue weighted by Crippen LogP contribution is -2.41. The Morgan fingerprint density at radius 2 is 1.37 bits per heavy atom. The molecule has 2 unspecified atom stereocenters. The molecule has 0 radical (unpaired) electrons. The minimum Gasteiger partial charge on any atom is -0.479 e. The molecule has 0 saturated carbocycles. The van der Waals surface area contributed by atoms with Crippen molar-refractivity contribution in [3.63, 3.8) is 0 Å². The number of fused-ring (bicyclic) bond motifs is 1. The van der Waals surface area contributed by atoms with Crippen LogP contribution in [-0.2, 0) is 52.2 Å². The van der Waals surface area contributed by atoms with Gasteiger partial charge in [-0.05, 0) is 78.9 Å². The summed E-state index contributed by atoms with van der Waals surface area (Å²) in [5, 5.41) is 33.0. The number of alkyl halides is 3. The van der Waals surface area contributed by atoms with E-state index in [0.717, 1.165) is 60.4 Å². The third-order valence-corrected chi connectivity index (χ3v) is 10.4. The molecule has 1 heterocycles. The van der Waals surface area contributed by atoms with Crippen LogP contribution in [0.15, 0.2) is 82.7 Å². The first-order valence-corrected chi connectivity index (χ1v) is 19.1. The molecule has 57 heavy (non-hydrogen) atoms. The number of thioether (sulfide) groups is 1. The van der Waals surface area contributed by atoms with Crippen LogP contribution in [0.5, 0.6) is 0 Å². The number of rotatable bonds is 16. The van der Waals surface area contributed by atoms with Gasteiger partial charge in [0.2, 0.25) is 5.91 Å². The van der Waals surface area contributed by atoms with Gasteiger partial charge in [-0.2, -0.15) is 13.2 Å². The lowest BCUT2D eigenvalue weighted by Gasteiger charge is -2.27. The first-order valence-electron chi connectivity index (χ1n) is 18.1. The SMILES string of the molecule is CCN(CC)CCN(Cc1ccc(-c2ccc(C(F)(F)F)cc2)cc1)C(=O)Cn1c(SCc2ccc(F)cc2)nc2c(c1=O)CCC2.O=C(O)C(O)C(O)C(=O)O. The van der Waals surface area contributed by atoms with Crippen molar-refractivity contribution in [3.8, 4) is 11.1 Å². The summed E-state index contributed by atoms with van der Waals surface area (Å²) in [6.07, 6.45) is -6.73. The topological polar surface area (TPSA) is 174 Å². The van der Waals surface area contributed by atoms with E-state index in [1.807, 2.05) is 24.3 Å². The third-order valence-electron chi connectivity index (χ3n) is 9.34. The number of hydrogen-bond acceptors (Lipinski definition) is 9. The highest BCUT2D eigenvalue weighted by Crippen LogP contribution is 2.31. The monoisotopic (exact) mass is 816 g/mol. The van der Waals surface area contributed by atoms with Crippen LogP contribution >= 0.6 is 11.8 Å². The number of benzene rings is 3. The summed E-state index contributed by atoms with van der Waals surface area (Å²) < 4.78 is 54.0. The van der Waals surface area contributed by atoms with Gasteiger partial charge in [0.05, 0.1) is 11.3 Å². The maximum Gasteiger partial charge on any atom is 0.416 e. The number of aromatic nitrogens is 2. The van der Waals surface area contributed by atoms with Crippen molar-refractivity contribution in [2.24, 2.45) is 0 Å². The van der Waals surface area contributed by atoms with Crippen LogP contribution in [0.2, 0.25) is 0 Å². The van der Waals surface area contributed by atoms with Crippen molar-refractivity contribution in [3.05, 3.63) is 117 Å². The highest BCUT2D eigenvalue weighted by atomic mass is 32.2. The van der Waals surface area contributed by atoms with Crippen LogP contribution in [0.1, 0.15) is 48.2 Å². The summed E-state index contributed by atoms with van der Waals surface area (Å²) in [6.45, 7) is 7.05. The molecule has 0 spiro atoms. The number of aryl methyl sites for hydroxylation is 1. The van der Waals surface area contributed by atoms with Gasteiger partial charge in [-0.25, -0.2) is 19.0 Å². The number of carboxylic acids is 2. The Morgan fingerprint density at radius 1 is 0.825 bits per heavy atom. The van der Waals surface area contributed by atoms with Gasteiger partial charge in [0.15, 0.2) is 17.4 Å². The summed E-state index contributed by atoms with van der Waals surface area (Å²) in [6, 6.07) is 18.6. The van der Waals surface area contributed by atoms with Gasteiger partial charge in [0, 0.05) is 31.0 Å². The number of amides is 1. The molecule has 1 aliphatic carbocycles. The van der Waals surface area contributed by atoms with E-state index < -0.39 is 35.9 Å². The average molecular weight is 817 g/mol. The summed E-state index contributed by atoms with van der Waals surface area (Å²) in [7, 11) is 0. The standard InChI is InChI=1S/C36H38F4N4O2S.C4H6O6/c1-3-42(4-2)20-21-43(22-25-8-12-27(13-9-25)28-14-16-29(17-15-28)36(38,39)40)33(45)23-44-34(46)31-6-5-7-32(31)41-35(44)47-24-26-10-18-30(37)19-11-26;5-1(3(7)8)2(6)4(9)10/h8-19H,3-7,20-24H2,1-2H3;1-2,5-6H,(H,7,8)(H,9,10). The number of aliphatic carboxylic acids is 2. The minimum absolute atomic E-state index is 0.160. The van der Waals surface area contributed by atoms with Gasteiger partial charge in [0.1, 0.15) is 12.4 Å². The Kier molecular flexibility index (Phi) is 15.9. The van der Waals surface area contributed by atoms with Crippen molar-refractivity contribution in [2.45, 2.75) is 75.5 Å². The molecule has 306 valence electrons. The second-order valence-corrected chi connectivity index (χ2v) is 14.1. The number of carboxylic acid groups (broad SMARTS) is 2. The summed E-state index contributed by atoms with van der Waals surface area (Å²) in [5.74, 6) is -3.60. The van der Waals surface area contributed by atoms with Crippen LogP contribution in [0.4, 0.5) is 17.6 Å². The molecule has 2 atom stereocenters. The molecule has 1 aliphatic rings. The number of halogens is 4. The second-order valence-electron chi connectivity index (χ2n) is 13.2. The van der Waals surface area contributed by atoms with Gasteiger partial charge in [-0.15, -0.1) is 0 Å². The lowest BCUT2D eigenvalue weighted by atomic mass is 10.0. The molecule has 12 nitrogen and oxygen atoms in total. The molecular formula is C40H44F4N4O8S. The first kappa shape index (κ1) is 44.6. The van der Waals surface area contributed by atoms with Crippen LogP contribution in [-0.4, -0.2) is 96.0 Å². The molecule has 17 heteroatoms. The number of carbonyl (C=O) groups is 3. The summed E-state index contributed by atoms with van der Waals surface area (Å²) >= 11 is 1.36. The van der Waals surface area contributed by atoms with Crippen molar-refractivity contribution in [2.75, 3.05) is 26.2 Å². The molecule has 3 aromatic carbocycles. The maximum absolute atomic E-state index is 14.0. The maximum atomic E-state index is 14.0. The first-order chi connectivity index (χ1) is 27.0. The number of carbonyl (C=O) groups excluding carboxylic acids is 1. The molecule has 5 rings (SSSR count). The Labute approximate surface area is 330 Å². The fraction of sp³-hybridized carbons (Fsp3) is 0.375. The van der Waals surface area contributed by atoms with Crippen LogP contribution in [0, 0.1) is 5.82 Å². The molecule has 4 aromatic rings. The predicted molar refractivity (Wildman–Crippen MR) is 204 cm³/mol. The van der Waals surface area contributed by atoms with Crippen molar-refractivity contribution in [1.82, 2.24) is 19.4 Å². The van der Waals surface area contributed by atoms with E-state index in [1.54, 1.807) is 17.0 Å². The smallest absolute Gasteiger partial charge is 0.416 e. The second kappa shape index (κ2) is 20.4. The molecule has 1 amide bonds. The normalized spacial score (nSPS) is 13.4. The van der Waals surface area contributed by atoms with Crippen molar-refractivity contribution in [1.29, 1.82) is 0 Å². The van der Waals surface area contributed by atoms with Crippen LogP contribution < -0.4 is 5.56 Å². The molecule has 1 aromatic heterocycles. The summed E-state index contributed by atoms with van der Waals surface area (Å²) in [5.41, 5.74) is 3.73. The van der Waals surface area contributed by atoms with E-state index in [1.165, 1.54) is 40.6 Å². The highest BCUT2D eigenvalue weighted by molar-refractivity contribution is 7.98. The van der Waals surface area contributed by atoms with Gasteiger partial charge < -0.3 is 30.2 Å². The van der Waals surface area contributed by atoms with E-state index in [4.69, 9.17) is 25.4 Å². The zero-order valence-corrected chi connectivity index (χ0v) is 32.1. The molecular weight excluding hydrogens is 773 g/mol. The van der Waals surface area contributed by atoms with Crippen LogP contribution in [0.25, 0.3) is 11.1 Å². The van der Waals surface area contributed by atoms with Gasteiger partial charge in [-0.3, -0.25) is 14.2 Å². The number of aliphatic hydroxyl groups excluding tert-OH is 2. The van der Waals surface area contributed by atoms with Gasteiger partial charge in [-0.1, -0.05) is 74.1 Å². The van der Waals surface area contributed by atoms with Gasteiger partial charge in [0.25, 0.3) is 5.56 Å². The molecule has 0 fully saturated rings. The quantitative estimate of drug-likeness (QED) is 0.0674. The Balaban J connectivity index is 0.000000635. The third kappa shape index (κ3) is 12.4.